The van der Waals surface area contributed by atoms with Crippen molar-refractivity contribution in [1.29, 1.82) is 0 Å². The minimum absolute atomic E-state index is 0.130. The molecule has 1 amide bonds. The van der Waals surface area contributed by atoms with Gasteiger partial charge >= 0.3 is 6.55 Å². The summed E-state index contributed by atoms with van der Waals surface area (Å²) in [6.45, 7) is -1.72. The zero-order valence-electron chi connectivity index (χ0n) is 12.2. The lowest BCUT2D eigenvalue weighted by atomic mass is 10.3. The smallest absolute Gasteiger partial charge is 0.319 e. The second kappa shape index (κ2) is 8.00. The van der Waals surface area contributed by atoms with Crippen molar-refractivity contribution >= 4 is 17.2 Å². The summed E-state index contributed by atoms with van der Waals surface area (Å²) in [5.41, 5.74) is 0. The number of nitrogens with one attached hydrogen (secondary N) is 1. The van der Waals surface area contributed by atoms with Gasteiger partial charge in [-0.3, -0.25) is 14.3 Å². The number of carbonyl (C=O) groups excluding carboxylic acids is 1. The van der Waals surface area contributed by atoms with E-state index in [1.165, 1.54) is 17.3 Å². The van der Waals surface area contributed by atoms with Crippen LogP contribution < -0.4 is 5.32 Å². The molecule has 0 saturated carbocycles. The van der Waals surface area contributed by atoms with Crippen LogP contribution in [0.25, 0.3) is 0 Å². The number of rotatable bonds is 8. The van der Waals surface area contributed by atoms with E-state index < -0.39 is 6.55 Å². The number of halogens is 2. The molecular formula is C14H18F2N4OS. The van der Waals surface area contributed by atoms with E-state index in [9.17, 15) is 13.6 Å². The lowest BCUT2D eigenvalue weighted by Crippen LogP contribution is -2.36. The van der Waals surface area contributed by atoms with Crippen LogP contribution in [0.2, 0.25) is 0 Å². The highest BCUT2D eigenvalue weighted by Gasteiger charge is 2.14. The number of alkyl halides is 2. The van der Waals surface area contributed by atoms with Crippen molar-refractivity contribution in [3.63, 3.8) is 0 Å². The van der Waals surface area contributed by atoms with Crippen LogP contribution in [0.4, 0.5) is 8.78 Å². The number of hydrogen-bond acceptors (Lipinski definition) is 4. The lowest BCUT2D eigenvalue weighted by Gasteiger charge is -2.16. The second-order valence-electron chi connectivity index (χ2n) is 4.88. The third-order valence-electron chi connectivity index (χ3n) is 3.06. The number of nitrogens with zero attached hydrogens (tertiary/aromatic N) is 3. The topological polar surface area (TPSA) is 50.2 Å². The molecule has 120 valence electrons. The lowest BCUT2D eigenvalue weighted by molar-refractivity contribution is -0.122. The van der Waals surface area contributed by atoms with E-state index >= 15 is 0 Å². The predicted molar refractivity (Wildman–Crippen MR) is 80.8 cm³/mol. The van der Waals surface area contributed by atoms with Gasteiger partial charge in [0, 0.05) is 23.8 Å². The summed E-state index contributed by atoms with van der Waals surface area (Å²) in [6, 6.07) is 3.99. The number of aromatic nitrogens is 2. The van der Waals surface area contributed by atoms with Gasteiger partial charge in [0.05, 0.1) is 13.1 Å². The molecule has 2 aromatic heterocycles. The molecule has 0 fully saturated rings. The highest BCUT2D eigenvalue weighted by molar-refractivity contribution is 7.09. The van der Waals surface area contributed by atoms with Crippen molar-refractivity contribution in [2.75, 3.05) is 20.1 Å². The van der Waals surface area contributed by atoms with Crippen molar-refractivity contribution in [3.8, 4) is 0 Å². The summed E-state index contributed by atoms with van der Waals surface area (Å²) >= 11 is 1.65. The highest BCUT2D eigenvalue weighted by atomic mass is 32.1. The number of thiophene rings is 1. The maximum absolute atomic E-state index is 12.7. The Hall–Kier alpha value is -1.80. The molecule has 0 atom stereocenters. The molecule has 2 aromatic rings. The van der Waals surface area contributed by atoms with Crippen LogP contribution >= 0.6 is 11.3 Å². The maximum Gasteiger partial charge on any atom is 0.319 e. The first-order chi connectivity index (χ1) is 10.6. The maximum atomic E-state index is 12.7. The highest BCUT2D eigenvalue weighted by Crippen LogP contribution is 2.13. The number of amides is 1. The fourth-order valence-corrected chi connectivity index (χ4v) is 2.73. The molecule has 2 rings (SSSR count). The zero-order valence-corrected chi connectivity index (χ0v) is 13.0. The normalized spacial score (nSPS) is 11.3. The second-order valence-corrected chi connectivity index (χ2v) is 5.91. The summed E-state index contributed by atoms with van der Waals surface area (Å²) in [5, 5.41) is 4.82. The predicted octanol–water partition coefficient (Wildman–Crippen LogP) is 2.13. The van der Waals surface area contributed by atoms with Crippen molar-refractivity contribution < 1.29 is 13.6 Å². The van der Waals surface area contributed by atoms with Crippen molar-refractivity contribution in [2.24, 2.45) is 0 Å². The Balaban J connectivity index is 1.72. The van der Waals surface area contributed by atoms with Crippen LogP contribution in [-0.2, 0) is 17.8 Å². The molecule has 0 aromatic carbocycles. The molecule has 0 saturated heterocycles. The number of hydrogen-bond donors (Lipinski definition) is 1. The average Bonchev–Trinajstić information content (AvgIpc) is 3.09. The Morgan fingerprint density at radius 1 is 1.55 bits per heavy atom. The molecule has 22 heavy (non-hydrogen) atoms. The number of carbonyl (C=O) groups is 1. The molecule has 0 bridgehead atoms. The van der Waals surface area contributed by atoms with Crippen molar-refractivity contribution in [3.05, 3.63) is 40.6 Å². The molecule has 0 spiro atoms. The molecule has 0 aliphatic heterocycles. The van der Waals surface area contributed by atoms with Gasteiger partial charge in [-0.1, -0.05) is 6.07 Å². The summed E-state index contributed by atoms with van der Waals surface area (Å²) in [4.78, 5) is 18.6. The molecular weight excluding hydrogens is 310 g/mol. The molecule has 8 heteroatoms. The van der Waals surface area contributed by atoms with Crippen LogP contribution in [0.5, 0.6) is 0 Å². The fraction of sp³-hybridized carbons (Fsp3) is 0.429. The van der Waals surface area contributed by atoms with Gasteiger partial charge in [0.1, 0.15) is 5.82 Å². The van der Waals surface area contributed by atoms with E-state index in [1.807, 2.05) is 17.5 Å². The van der Waals surface area contributed by atoms with Gasteiger partial charge in [-0.2, -0.15) is 8.78 Å². The van der Waals surface area contributed by atoms with Crippen LogP contribution in [0.1, 0.15) is 17.3 Å². The Morgan fingerprint density at radius 2 is 2.36 bits per heavy atom. The quantitative estimate of drug-likeness (QED) is 0.808. The fourth-order valence-electron chi connectivity index (χ4n) is 2.02. The molecule has 0 radical (unpaired) electrons. The van der Waals surface area contributed by atoms with E-state index in [4.69, 9.17) is 0 Å². The average molecular weight is 328 g/mol. The minimum Gasteiger partial charge on any atom is -0.355 e. The van der Waals surface area contributed by atoms with Crippen molar-refractivity contribution in [1.82, 2.24) is 19.8 Å². The molecule has 0 unspecified atom stereocenters. The molecule has 1 N–H and O–H groups in total. The minimum atomic E-state index is -2.62. The summed E-state index contributed by atoms with van der Waals surface area (Å²) in [7, 11) is 1.70. The van der Waals surface area contributed by atoms with Crippen molar-refractivity contribution in [2.45, 2.75) is 19.5 Å². The van der Waals surface area contributed by atoms with Gasteiger partial charge in [-0.05, 0) is 24.9 Å². The Kier molecular flexibility index (Phi) is 6.02. The molecule has 0 aliphatic rings. The Morgan fingerprint density at radius 3 is 3.05 bits per heavy atom. The third kappa shape index (κ3) is 4.88. The van der Waals surface area contributed by atoms with E-state index in [2.05, 4.69) is 10.3 Å². The first-order valence-corrected chi connectivity index (χ1v) is 7.71. The summed E-state index contributed by atoms with van der Waals surface area (Å²) in [6.07, 6.45) is 3.36. The molecule has 2 heterocycles. The van der Waals surface area contributed by atoms with E-state index in [1.54, 1.807) is 23.3 Å². The van der Waals surface area contributed by atoms with E-state index in [-0.39, 0.29) is 24.8 Å². The van der Waals surface area contributed by atoms with Crippen LogP contribution in [0.3, 0.4) is 0 Å². The van der Waals surface area contributed by atoms with Gasteiger partial charge in [0.25, 0.3) is 0 Å². The Labute approximate surface area is 131 Å². The SMILES string of the molecule is CN(CC(=O)NCCc1cccs1)Cc1nccn1C(F)F. The van der Waals surface area contributed by atoms with Crippen LogP contribution in [0, 0.1) is 0 Å². The summed E-state index contributed by atoms with van der Waals surface area (Å²) in [5.74, 6) is 0.109. The first kappa shape index (κ1) is 16.6. The van der Waals surface area contributed by atoms with Gasteiger partial charge in [-0.25, -0.2) is 4.98 Å². The zero-order chi connectivity index (χ0) is 15.9. The molecule has 0 aliphatic carbocycles. The third-order valence-corrected chi connectivity index (χ3v) is 3.99. The van der Waals surface area contributed by atoms with Gasteiger partial charge in [0.2, 0.25) is 5.91 Å². The van der Waals surface area contributed by atoms with E-state index in [0.29, 0.717) is 6.54 Å². The van der Waals surface area contributed by atoms with Gasteiger partial charge in [-0.15, -0.1) is 11.3 Å². The van der Waals surface area contributed by atoms with Gasteiger partial charge in [0.15, 0.2) is 0 Å². The van der Waals surface area contributed by atoms with E-state index in [0.717, 1.165) is 11.0 Å². The number of imidazole rings is 1. The van der Waals surface area contributed by atoms with Crippen LogP contribution in [0.15, 0.2) is 29.9 Å². The standard InChI is InChI=1S/C14H18F2N4OS/c1-19(9-12-17-6-7-20(12)14(15)16)10-13(21)18-5-4-11-3-2-8-22-11/h2-3,6-8,14H,4-5,9-10H2,1H3,(H,18,21). The Bertz CT molecular complexity index is 585. The number of likely N-dealkylation sites (N-methyl/N-ethyl adjacent to an activating group) is 1. The van der Waals surface area contributed by atoms with Crippen LogP contribution in [-0.4, -0.2) is 40.5 Å². The largest absolute Gasteiger partial charge is 0.355 e. The molecule has 5 nitrogen and oxygen atoms in total. The monoisotopic (exact) mass is 328 g/mol. The van der Waals surface area contributed by atoms with Gasteiger partial charge < -0.3 is 5.32 Å². The first-order valence-electron chi connectivity index (χ1n) is 6.83. The summed E-state index contributed by atoms with van der Waals surface area (Å²) < 4.78 is 26.2.